The van der Waals surface area contributed by atoms with E-state index in [4.69, 9.17) is 5.73 Å². The van der Waals surface area contributed by atoms with Crippen molar-refractivity contribution in [2.24, 2.45) is 17.6 Å². The van der Waals surface area contributed by atoms with Crippen molar-refractivity contribution in [1.29, 1.82) is 0 Å². The normalized spacial score (nSPS) is 23.1. The molecule has 0 spiro atoms. The van der Waals surface area contributed by atoms with E-state index < -0.39 is 0 Å². The Hall–Kier alpha value is -1.35. The molecule has 3 heteroatoms. The van der Waals surface area contributed by atoms with Gasteiger partial charge in [0.15, 0.2) is 0 Å². The van der Waals surface area contributed by atoms with Gasteiger partial charge in [0.1, 0.15) is 0 Å². The van der Waals surface area contributed by atoms with E-state index >= 15 is 0 Å². The monoisotopic (exact) mass is 260 g/mol. The van der Waals surface area contributed by atoms with Crippen LogP contribution < -0.4 is 10.6 Å². The molecule has 0 radical (unpaired) electrons. The number of nitrogens with zero attached hydrogens (tertiary/aromatic N) is 1. The highest BCUT2D eigenvalue weighted by molar-refractivity contribution is 5.94. The maximum absolute atomic E-state index is 12.5. The lowest BCUT2D eigenvalue weighted by Crippen LogP contribution is -2.34. The molecule has 2 rings (SSSR count). The highest BCUT2D eigenvalue weighted by atomic mass is 16.2. The predicted molar refractivity (Wildman–Crippen MR) is 78.9 cm³/mol. The van der Waals surface area contributed by atoms with Crippen molar-refractivity contribution >= 4 is 11.6 Å². The number of carbonyl (C=O) groups excluding carboxylic acids is 1. The number of hydrogen-bond acceptors (Lipinski definition) is 2. The van der Waals surface area contributed by atoms with Gasteiger partial charge in [-0.2, -0.15) is 0 Å². The van der Waals surface area contributed by atoms with Crippen molar-refractivity contribution in [2.45, 2.75) is 39.2 Å². The van der Waals surface area contributed by atoms with Crippen molar-refractivity contribution in [1.82, 2.24) is 0 Å². The molecule has 1 aromatic carbocycles. The van der Waals surface area contributed by atoms with Gasteiger partial charge in [0.2, 0.25) is 5.91 Å². The molecular weight excluding hydrogens is 236 g/mol. The van der Waals surface area contributed by atoms with E-state index in [0.717, 1.165) is 30.0 Å². The molecular formula is C16H24N2O. The lowest BCUT2D eigenvalue weighted by Gasteiger charge is -2.29. The molecule has 0 bridgehead atoms. The van der Waals surface area contributed by atoms with Gasteiger partial charge in [-0.1, -0.05) is 19.1 Å². The Balaban J connectivity index is 2.05. The molecule has 0 aliphatic heterocycles. The molecule has 3 nitrogen and oxygen atoms in total. The summed E-state index contributed by atoms with van der Waals surface area (Å²) in [6, 6.07) is 7.93. The summed E-state index contributed by atoms with van der Waals surface area (Å²) >= 11 is 0. The molecule has 0 saturated heterocycles. The second-order valence-electron chi connectivity index (χ2n) is 5.73. The molecule has 2 N–H and O–H groups in total. The third-order valence-corrected chi connectivity index (χ3v) is 4.23. The second-order valence-corrected chi connectivity index (χ2v) is 5.73. The van der Waals surface area contributed by atoms with Gasteiger partial charge in [0.05, 0.1) is 0 Å². The largest absolute Gasteiger partial charge is 0.326 e. The fraction of sp³-hybridized carbons (Fsp3) is 0.562. The standard InChI is InChI=1S/C16H24N2O/c1-12-6-8-14(9-7-12)16(19)18(2)15-5-3-4-13(10-15)11-17/h3-5,10,12,14H,6-9,11,17H2,1-2H3. The van der Waals surface area contributed by atoms with Crippen molar-refractivity contribution in [2.75, 3.05) is 11.9 Å². The van der Waals surface area contributed by atoms with Crippen molar-refractivity contribution < 1.29 is 4.79 Å². The van der Waals surface area contributed by atoms with Crippen LogP contribution in [0.4, 0.5) is 5.69 Å². The van der Waals surface area contributed by atoms with Crippen molar-refractivity contribution in [3.63, 3.8) is 0 Å². The Kier molecular flexibility index (Phi) is 4.59. The Labute approximate surface area is 115 Å². The van der Waals surface area contributed by atoms with Gasteiger partial charge in [-0.05, 0) is 49.3 Å². The highest BCUT2D eigenvalue weighted by Crippen LogP contribution is 2.30. The number of rotatable bonds is 3. The minimum Gasteiger partial charge on any atom is -0.326 e. The first-order chi connectivity index (χ1) is 9.11. The maximum Gasteiger partial charge on any atom is 0.229 e. The number of nitrogens with two attached hydrogens (primary N) is 1. The van der Waals surface area contributed by atoms with Crippen LogP contribution in [0.25, 0.3) is 0 Å². The Morgan fingerprint density at radius 3 is 2.63 bits per heavy atom. The van der Waals surface area contributed by atoms with E-state index in [0.29, 0.717) is 6.54 Å². The minimum absolute atomic E-state index is 0.197. The number of hydrogen-bond donors (Lipinski definition) is 1. The van der Waals surface area contributed by atoms with Gasteiger partial charge in [-0.15, -0.1) is 0 Å². The molecule has 1 aromatic rings. The molecule has 1 amide bonds. The second kappa shape index (κ2) is 6.20. The molecule has 19 heavy (non-hydrogen) atoms. The zero-order chi connectivity index (χ0) is 13.8. The Morgan fingerprint density at radius 1 is 1.32 bits per heavy atom. The number of anilines is 1. The van der Waals surface area contributed by atoms with Crippen molar-refractivity contribution in [3.8, 4) is 0 Å². The predicted octanol–water partition coefficient (Wildman–Crippen LogP) is 2.93. The van der Waals surface area contributed by atoms with Crippen LogP contribution in [-0.2, 0) is 11.3 Å². The van der Waals surface area contributed by atoms with E-state index in [1.165, 1.54) is 12.8 Å². The first kappa shape index (κ1) is 14.1. The van der Waals surface area contributed by atoms with Gasteiger partial charge < -0.3 is 10.6 Å². The van der Waals surface area contributed by atoms with E-state index in [-0.39, 0.29) is 11.8 Å². The van der Waals surface area contributed by atoms with Gasteiger partial charge in [0.25, 0.3) is 0 Å². The quantitative estimate of drug-likeness (QED) is 0.908. The van der Waals surface area contributed by atoms with Crippen LogP contribution >= 0.6 is 0 Å². The third-order valence-electron chi connectivity index (χ3n) is 4.23. The van der Waals surface area contributed by atoms with Crippen LogP contribution in [-0.4, -0.2) is 13.0 Å². The zero-order valence-electron chi connectivity index (χ0n) is 11.9. The summed E-state index contributed by atoms with van der Waals surface area (Å²) in [4.78, 5) is 14.3. The lowest BCUT2D eigenvalue weighted by molar-refractivity contribution is -0.123. The van der Waals surface area contributed by atoms with Crippen LogP contribution in [0.2, 0.25) is 0 Å². The summed E-state index contributed by atoms with van der Waals surface area (Å²) in [7, 11) is 1.87. The van der Waals surface area contributed by atoms with Crippen LogP contribution in [0.3, 0.4) is 0 Å². The van der Waals surface area contributed by atoms with E-state index in [9.17, 15) is 4.79 Å². The summed E-state index contributed by atoms with van der Waals surface area (Å²) < 4.78 is 0. The summed E-state index contributed by atoms with van der Waals surface area (Å²) in [5.74, 6) is 1.22. The van der Waals surface area contributed by atoms with Crippen LogP contribution in [0.5, 0.6) is 0 Å². The van der Waals surface area contributed by atoms with Crippen LogP contribution in [0, 0.1) is 11.8 Å². The molecule has 1 saturated carbocycles. The summed E-state index contributed by atoms with van der Waals surface area (Å²) in [5, 5.41) is 0. The SMILES string of the molecule is CC1CCC(C(=O)N(C)c2cccc(CN)c2)CC1. The molecule has 104 valence electrons. The zero-order valence-corrected chi connectivity index (χ0v) is 11.9. The first-order valence-electron chi connectivity index (χ1n) is 7.18. The molecule has 0 atom stereocenters. The van der Waals surface area contributed by atoms with Crippen LogP contribution in [0.1, 0.15) is 38.2 Å². The molecule has 0 unspecified atom stereocenters. The van der Waals surface area contributed by atoms with E-state index in [2.05, 4.69) is 6.92 Å². The molecule has 1 fully saturated rings. The van der Waals surface area contributed by atoms with Gasteiger partial charge in [-0.25, -0.2) is 0 Å². The number of amides is 1. The van der Waals surface area contributed by atoms with Gasteiger partial charge in [0, 0.05) is 25.2 Å². The fourth-order valence-electron chi connectivity index (χ4n) is 2.80. The van der Waals surface area contributed by atoms with E-state index in [1.807, 2.05) is 31.3 Å². The first-order valence-corrected chi connectivity index (χ1v) is 7.18. The smallest absolute Gasteiger partial charge is 0.229 e. The molecule has 0 aromatic heterocycles. The number of carbonyl (C=O) groups is 1. The maximum atomic E-state index is 12.5. The molecule has 1 aliphatic rings. The van der Waals surface area contributed by atoms with Gasteiger partial charge in [-0.3, -0.25) is 4.79 Å². The third kappa shape index (κ3) is 3.35. The number of benzene rings is 1. The Morgan fingerprint density at radius 2 is 2.00 bits per heavy atom. The average Bonchev–Trinajstić information content (AvgIpc) is 2.46. The summed E-state index contributed by atoms with van der Waals surface area (Å²) in [6.07, 6.45) is 4.40. The average molecular weight is 260 g/mol. The molecule has 0 heterocycles. The summed E-state index contributed by atoms with van der Waals surface area (Å²) in [5.41, 5.74) is 7.66. The lowest BCUT2D eigenvalue weighted by atomic mass is 9.82. The van der Waals surface area contributed by atoms with Gasteiger partial charge >= 0.3 is 0 Å². The fourth-order valence-corrected chi connectivity index (χ4v) is 2.80. The highest BCUT2D eigenvalue weighted by Gasteiger charge is 2.27. The molecule has 1 aliphatic carbocycles. The minimum atomic E-state index is 0.197. The van der Waals surface area contributed by atoms with Crippen LogP contribution in [0.15, 0.2) is 24.3 Å². The Bertz CT molecular complexity index is 436. The van der Waals surface area contributed by atoms with E-state index in [1.54, 1.807) is 4.90 Å². The topological polar surface area (TPSA) is 46.3 Å². The van der Waals surface area contributed by atoms with Crippen molar-refractivity contribution in [3.05, 3.63) is 29.8 Å². The summed E-state index contributed by atoms with van der Waals surface area (Å²) in [6.45, 7) is 2.78.